The van der Waals surface area contributed by atoms with Gasteiger partial charge in [-0.15, -0.1) is 22.7 Å². The molecule has 2 rings (SSSR count). The van der Waals surface area contributed by atoms with Crippen molar-refractivity contribution in [2.75, 3.05) is 6.54 Å². The van der Waals surface area contributed by atoms with Crippen molar-refractivity contribution in [3.05, 3.63) is 32.2 Å². The number of hydrogen-bond donors (Lipinski definition) is 1. The first-order valence-electron chi connectivity index (χ1n) is 5.27. The van der Waals surface area contributed by atoms with Crippen molar-refractivity contribution in [2.45, 2.75) is 20.3 Å². The van der Waals surface area contributed by atoms with Crippen molar-refractivity contribution in [3.63, 3.8) is 0 Å². The number of nitrogens with zero attached hydrogens (tertiary/aromatic N) is 2. The van der Waals surface area contributed by atoms with Crippen LogP contribution in [0.1, 0.15) is 25.4 Å². The number of aryl methyl sites for hydroxylation is 2. The molecule has 0 bridgehead atoms. The van der Waals surface area contributed by atoms with Crippen LogP contribution in [0.4, 0.5) is 0 Å². The van der Waals surface area contributed by atoms with Crippen molar-refractivity contribution in [2.24, 2.45) is 0 Å². The maximum absolute atomic E-state index is 11.8. The Morgan fingerprint density at radius 2 is 2.29 bits per heavy atom. The Hall–Kier alpha value is -1.27. The third-order valence-corrected chi connectivity index (χ3v) is 4.13. The third kappa shape index (κ3) is 3.10. The van der Waals surface area contributed by atoms with Gasteiger partial charge in [0.05, 0.1) is 15.7 Å². The van der Waals surface area contributed by atoms with Gasteiger partial charge in [-0.05, 0) is 13.8 Å². The molecule has 0 saturated carbocycles. The van der Waals surface area contributed by atoms with Crippen molar-refractivity contribution in [3.8, 4) is 0 Å². The van der Waals surface area contributed by atoms with Crippen LogP contribution in [0.5, 0.6) is 0 Å². The number of aromatic nitrogens is 2. The van der Waals surface area contributed by atoms with Crippen molar-refractivity contribution in [1.82, 2.24) is 15.3 Å². The number of carbonyl (C=O) groups excluding carboxylic acids is 1. The van der Waals surface area contributed by atoms with Crippen LogP contribution < -0.4 is 5.32 Å². The molecule has 0 aliphatic rings. The van der Waals surface area contributed by atoms with E-state index in [9.17, 15) is 4.79 Å². The summed E-state index contributed by atoms with van der Waals surface area (Å²) in [7, 11) is 0. The molecule has 2 aromatic rings. The predicted molar refractivity (Wildman–Crippen MR) is 69.7 cm³/mol. The largest absolute Gasteiger partial charge is 0.351 e. The summed E-state index contributed by atoms with van der Waals surface area (Å²) in [4.78, 5) is 21.0. The van der Waals surface area contributed by atoms with E-state index in [1.165, 1.54) is 11.3 Å². The SMILES string of the molecule is Cc1nc(C)c(C(=O)NCCc2nccs2)s1. The number of carbonyl (C=O) groups is 1. The predicted octanol–water partition coefficient (Wildman–Crippen LogP) is 2.19. The van der Waals surface area contributed by atoms with E-state index < -0.39 is 0 Å². The van der Waals surface area contributed by atoms with Gasteiger partial charge in [0.25, 0.3) is 5.91 Å². The lowest BCUT2D eigenvalue weighted by Gasteiger charge is -2.01. The lowest BCUT2D eigenvalue weighted by Crippen LogP contribution is -2.25. The van der Waals surface area contributed by atoms with Gasteiger partial charge in [0, 0.05) is 24.5 Å². The normalized spacial score (nSPS) is 10.5. The first-order chi connectivity index (χ1) is 8.16. The van der Waals surface area contributed by atoms with E-state index in [0.717, 1.165) is 22.1 Å². The summed E-state index contributed by atoms with van der Waals surface area (Å²) in [5.74, 6) is -0.0374. The number of hydrogen-bond acceptors (Lipinski definition) is 5. The molecule has 17 heavy (non-hydrogen) atoms. The molecule has 2 aromatic heterocycles. The van der Waals surface area contributed by atoms with Crippen molar-refractivity contribution in [1.29, 1.82) is 0 Å². The summed E-state index contributed by atoms with van der Waals surface area (Å²) in [5.41, 5.74) is 0.805. The van der Waals surface area contributed by atoms with E-state index in [1.54, 1.807) is 17.5 Å². The maximum atomic E-state index is 11.8. The standard InChI is InChI=1S/C11H13N3OS2/c1-7-10(17-8(2)14-7)11(15)13-4-3-9-12-5-6-16-9/h5-6H,3-4H2,1-2H3,(H,13,15). The van der Waals surface area contributed by atoms with Crippen LogP contribution in [0.15, 0.2) is 11.6 Å². The lowest BCUT2D eigenvalue weighted by atomic mass is 10.3. The van der Waals surface area contributed by atoms with E-state index in [4.69, 9.17) is 0 Å². The number of thiazole rings is 2. The maximum Gasteiger partial charge on any atom is 0.263 e. The topological polar surface area (TPSA) is 54.9 Å². The summed E-state index contributed by atoms with van der Waals surface area (Å²) in [6.45, 7) is 4.38. The molecule has 1 N–H and O–H groups in total. The average molecular weight is 267 g/mol. The summed E-state index contributed by atoms with van der Waals surface area (Å²) in [6.07, 6.45) is 2.55. The summed E-state index contributed by atoms with van der Waals surface area (Å²) in [5, 5.41) is 6.80. The highest BCUT2D eigenvalue weighted by Crippen LogP contribution is 2.16. The van der Waals surface area contributed by atoms with E-state index in [1.807, 2.05) is 19.2 Å². The molecule has 0 saturated heterocycles. The molecule has 0 radical (unpaired) electrons. The minimum Gasteiger partial charge on any atom is -0.351 e. The van der Waals surface area contributed by atoms with Crippen LogP contribution in [0, 0.1) is 13.8 Å². The Labute approximate surface area is 108 Å². The second-order valence-corrected chi connectivity index (χ2v) is 5.76. The molecular weight excluding hydrogens is 254 g/mol. The zero-order valence-corrected chi connectivity index (χ0v) is 11.3. The first kappa shape index (κ1) is 12.2. The van der Waals surface area contributed by atoms with E-state index in [0.29, 0.717) is 11.4 Å². The highest BCUT2D eigenvalue weighted by Gasteiger charge is 2.12. The van der Waals surface area contributed by atoms with E-state index in [2.05, 4.69) is 15.3 Å². The Bertz CT molecular complexity index is 505. The molecule has 0 aliphatic heterocycles. The zero-order valence-electron chi connectivity index (χ0n) is 9.69. The van der Waals surface area contributed by atoms with Crippen molar-refractivity contribution >= 4 is 28.6 Å². The molecule has 0 spiro atoms. The van der Waals surface area contributed by atoms with Crippen LogP contribution in [0.3, 0.4) is 0 Å². The molecule has 2 heterocycles. The minimum absolute atomic E-state index is 0.0374. The third-order valence-electron chi connectivity index (χ3n) is 2.22. The van der Waals surface area contributed by atoms with Gasteiger partial charge in [0.1, 0.15) is 4.88 Å². The minimum atomic E-state index is -0.0374. The van der Waals surface area contributed by atoms with Crippen LogP contribution in [-0.2, 0) is 6.42 Å². The quantitative estimate of drug-likeness (QED) is 0.924. The van der Waals surface area contributed by atoms with Gasteiger partial charge in [-0.25, -0.2) is 9.97 Å². The molecule has 0 unspecified atom stereocenters. The molecule has 90 valence electrons. The van der Waals surface area contributed by atoms with Gasteiger partial charge in [0.2, 0.25) is 0 Å². The highest BCUT2D eigenvalue weighted by molar-refractivity contribution is 7.13. The van der Waals surface area contributed by atoms with Gasteiger partial charge in [-0.3, -0.25) is 4.79 Å². The van der Waals surface area contributed by atoms with Gasteiger partial charge in [-0.1, -0.05) is 0 Å². The lowest BCUT2D eigenvalue weighted by molar-refractivity contribution is 0.0957. The molecule has 0 aliphatic carbocycles. The fourth-order valence-corrected chi connectivity index (χ4v) is 2.94. The average Bonchev–Trinajstić information content (AvgIpc) is 2.88. The molecule has 0 aromatic carbocycles. The Balaban J connectivity index is 1.87. The van der Waals surface area contributed by atoms with Crippen LogP contribution in [-0.4, -0.2) is 22.4 Å². The van der Waals surface area contributed by atoms with E-state index >= 15 is 0 Å². The number of rotatable bonds is 4. The number of nitrogens with one attached hydrogen (secondary N) is 1. The first-order valence-corrected chi connectivity index (χ1v) is 6.97. The van der Waals surface area contributed by atoms with Crippen LogP contribution in [0.2, 0.25) is 0 Å². The molecule has 0 fully saturated rings. The second-order valence-electron chi connectivity index (χ2n) is 3.58. The molecule has 6 heteroatoms. The van der Waals surface area contributed by atoms with E-state index in [-0.39, 0.29) is 5.91 Å². The Morgan fingerprint density at radius 3 is 2.88 bits per heavy atom. The summed E-state index contributed by atoms with van der Waals surface area (Å²) in [6, 6.07) is 0. The monoisotopic (exact) mass is 267 g/mol. The Morgan fingerprint density at radius 1 is 1.47 bits per heavy atom. The van der Waals surface area contributed by atoms with Crippen LogP contribution in [0.25, 0.3) is 0 Å². The van der Waals surface area contributed by atoms with Gasteiger partial charge in [-0.2, -0.15) is 0 Å². The van der Waals surface area contributed by atoms with Gasteiger partial charge >= 0.3 is 0 Å². The molecule has 0 atom stereocenters. The molecule has 4 nitrogen and oxygen atoms in total. The van der Waals surface area contributed by atoms with Gasteiger partial charge < -0.3 is 5.32 Å². The fourth-order valence-electron chi connectivity index (χ4n) is 1.48. The molecular formula is C11H13N3OS2. The highest BCUT2D eigenvalue weighted by atomic mass is 32.1. The van der Waals surface area contributed by atoms with Crippen LogP contribution >= 0.6 is 22.7 Å². The van der Waals surface area contributed by atoms with Gasteiger partial charge in [0.15, 0.2) is 0 Å². The zero-order chi connectivity index (χ0) is 12.3. The Kier molecular flexibility index (Phi) is 3.86. The second kappa shape index (κ2) is 5.37. The van der Waals surface area contributed by atoms with Crippen molar-refractivity contribution < 1.29 is 4.79 Å². The molecule has 1 amide bonds. The summed E-state index contributed by atoms with van der Waals surface area (Å²) >= 11 is 3.04. The number of amides is 1. The summed E-state index contributed by atoms with van der Waals surface area (Å²) < 4.78 is 0. The fraction of sp³-hybridized carbons (Fsp3) is 0.364. The smallest absolute Gasteiger partial charge is 0.263 e.